The van der Waals surface area contributed by atoms with Crippen LogP contribution in [0.15, 0.2) is 18.2 Å². The van der Waals surface area contributed by atoms with E-state index in [0.29, 0.717) is 13.0 Å². The number of anilines is 2. The molecule has 3 amide bonds. The number of urea groups is 1. The van der Waals surface area contributed by atoms with Crippen LogP contribution in [0.2, 0.25) is 0 Å². The Balaban J connectivity index is 1.72. The normalized spacial score (nSPS) is 13.8. The van der Waals surface area contributed by atoms with Crippen LogP contribution in [0.25, 0.3) is 0 Å². The van der Waals surface area contributed by atoms with Crippen LogP contribution in [-0.2, 0) is 4.79 Å². The number of nitrogens with one attached hydrogen (secondary N) is 2. The Bertz CT molecular complexity index is 568. The zero-order valence-corrected chi connectivity index (χ0v) is 14.4. The second kappa shape index (κ2) is 9.15. The highest BCUT2D eigenvalue weighted by Crippen LogP contribution is 2.25. The second-order valence-electron chi connectivity index (χ2n) is 6.34. The smallest absolute Gasteiger partial charge is 0.312 e. The van der Waals surface area contributed by atoms with Crippen LogP contribution in [0.1, 0.15) is 44.1 Å². The van der Waals surface area contributed by atoms with E-state index >= 15 is 0 Å². The Morgan fingerprint density at radius 2 is 1.92 bits per heavy atom. The lowest BCUT2D eigenvalue weighted by Crippen LogP contribution is -2.29. The van der Waals surface area contributed by atoms with Gasteiger partial charge < -0.3 is 21.3 Å². The molecule has 1 aromatic rings. The molecule has 6 heteroatoms. The highest BCUT2D eigenvalue weighted by atomic mass is 16.2. The van der Waals surface area contributed by atoms with Crippen molar-refractivity contribution in [2.45, 2.75) is 45.4 Å². The van der Waals surface area contributed by atoms with Gasteiger partial charge in [0.05, 0.1) is 0 Å². The summed E-state index contributed by atoms with van der Waals surface area (Å²) in [6.45, 7) is 4.84. The summed E-state index contributed by atoms with van der Waals surface area (Å²) < 4.78 is 0. The molecule has 0 bridgehead atoms. The number of nitrogens with two attached hydrogens (primary N) is 1. The number of hydrogen-bond acceptors (Lipinski definition) is 3. The van der Waals surface area contributed by atoms with Gasteiger partial charge in [0.25, 0.3) is 0 Å². The van der Waals surface area contributed by atoms with Gasteiger partial charge in [-0.2, -0.15) is 0 Å². The van der Waals surface area contributed by atoms with Gasteiger partial charge in [-0.05, 0) is 56.4 Å². The van der Waals surface area contributed by atoms with Crippen molar-refractivity contribution in [2.75, 3.05) is 29.9 Å². The quantitative estimate of drug-likeness (QED) is 0.640. The second-order valence-corrected chi connectivity index (χ2v) is 6.34. The Labute approximate surface area is 143 Å². The number of benzene rings is 1. The molecule has 1 saturated heterocycles. The van der Waals surface area contributed by atoms with Crippen molar-refractivity contribution < 1.29 is 9.59 Å². The Morgan fingerprint density at radius 3 is 2.58 bits per heavy atom. The Morgan fingerprint density at radius 1 is 1.17 bits per heavy atom. The van der Waals surface area contributed by atoms with Crippen LogP contribution in [0.3, 0.4) is 0 Å². The molecule has 1 fully saturated rings. The van der Waals surface area contributed by atoms with E-state index in [4.69, 9.17) is 5.73 Å². The number of hydrogen-bond donors (Lipinski definition) is 3. The van der Waals surface area contributed by atoms with Crippen molar-refractivity contribution in [2.24, 2.45) is 5.73 Å². The monoisotopic (exact) mass is 332 g/mol. The van der Waals surface area contributed by atoms with Gasteiger partial charge in [0.15, 0.2) is 0 Å². The summed E-state index contributed by atoms with van der Waals surface area (Å²) in [5.41, 5.74) is 8.21. The first-order valence-corrected chi connectivity index (χ1v) is 8.75. The molecule has 132 valence electrons. The molecular formula is C18H28N4O2. The van der Waals surface area contributed by atoms with E-state index in [1.807, 2.05) is 13.0 Å². The number of aryl methyl sites for hydroxylation is 1. The van der Waals surface area contributed by atoms with Crippen LogP contribution in [0.4, 0.5) is 16.2 Å². The topological polar surface area (TPSA) is 87.5 Å². The average Bonchev–Trinajstić information content (AvgIpc) is 3.07. The third-order valence-electron chi connectivity index (χ3n) is 4.34. The number of nitrogens with zero attached hydrogens (tertiary/aromatic N) is 1. The summed E-state index contributed by atoms with van der Waals surface area (Å²) in [6.07, 6.45) is 5.53. The number of amides is 3. The standard InChI is InChI=1S/C18H28N4O2/c1-14-13-15(22-11-5-6-12-22)8-9-16(14)21-17(23)7-3-2-4-10-20-18(19)24/h8-9,13H,2-7,10-12H2,1H3,(H,21,23)(H3,19,20,24). The van der Waals surface area contributed by atoms with Gasteiger partial charge >= 0.3 is 6.03 Å². The molecule has 1 aromatic carbocycles. The Hall–Kier alpha value is -2.24. The molecule has 1 aliphatic rings. The number of unbranched alkanes of at least 4 members (excludes halogenated alkanes) is 2. The highest BCUT2D eigenvalue weighted by Gasteiger charge is 2.13. The lowest BCUT2D eigenvalue weighted by Gasteiger charge is -2.19. The molecule has 0 atom stereocenters. The summed E-state index contributed by atoms with van der Waals surface area (Å²) in [7, 11) is 0. The fourth-order valence-electron chi connectivity index (χ4n) is 2.97. The van der Waals surface area contributed by atoms with Gasteiger partial charge in [0, 0.05) is 37.4 Å². The zero-order valence-electron chi connectivity index (χ0n) is 14.4. The predicted octanol–water partition coefficient (Wildman–Crippen LogP) is 2.76. The lowest BCUT2D eigenvalue weighted by molar-refractivity contribution is -0.116. The summed E-state index contributed by atoms with van der Waals surface area (Å²) in [5.74, 6) is 0.0369. The molecule has 1 heterocycles. The zero-order chi connectivity index (χ0) is 17.4. The molecule has 2 rings (SSSR count). The van der Waals surface area contributed by atoms with Crippen LogP contribution >= 0.6 is 0 Å². The minimum absolute atomic E-state index is 0.0369. The molecule has 0 aromatic heterocycles. The van der Waals surface area contributed by atoms with Crippen molar-refractivity contribution in [1.82, 2.24) is 5.32 Å². The highest BCUT2D eigenvalue weighted by molar-refractivity contribution is 5.91. The summed E-state index contributed by atoms with van der Waals surface area (Å²) in [5, 5.41) is 5.53. The van der Waals surface area contributed by atoms with E-state index in [-0.39, 0.29) is 5.91 Å². The van der Waals surface area contributed by atoms with Crippen molar-refractivity contribution >= 4 is 23.3 Å². The fourth-order valence-corrected chi connectivity index (χ4v) is 2.97. The van der Waals surface area contributed by atoms with Crippen molar-refractivity contribution in [1.29, 1.82) is 0 Å². The summed E-state index contributed by atoms with van der Waals surface area (Å²) >= 11 is 0. The number of carbonyl (C=O) groups is 2. The first-order chi connectivity index (χ1) is 11.6. The molecule has 6 nitrogen and oxygen atoms in total. The van der Waals surface area contributed by atoms with Crippen molar-refractivity contribution in [3.63, 3.8) is 0 Å². The van der Waals surface area contributed by atoms with Crippen molar-refractivity contribution in [3.05, 3.63) is 23.8 Å². The van der Waals surface area contributed by atoms with E-state index in [2.05, 4.69) is 27.7 Å². The minimum Gasteiger partial charge on any atom is -0.372 e. The van der Waals surface area contributed by atoms with Crippen molar-refractivity contribution in [3.8, 4) is 0 Å². The number of primary amides is 1. The maximum atomic E-state index is 12.0. The fraction of sp³-hybridized carbons (Fsp3) is 0.556. The molecule has 0 unspecified atom stereocenters. The first kappa shape index (κ1) is 18.1. The molecule has 24 heavy (non-hydrogen) atoms. The van der Waals surface area contributed by atoms with Gasteiger partial charge in [-0.15, -0.1) is 0 Å². The molecule has 0 aliphatic carbocycles. The largest absolute Gasteiger partial charge is 0.372 e. The first-order valence-electron chi connectivity index (χ1n) is 8.75. The molecular weight excluding hydrogens is 304 g/mol. The maximum Gasteiger partial charge on any atom is 0.312 e. The number of rotatable bonds is 8. The molecule has 0 spiro atoms. The third kappa shape index (κ3) is 5.76. The summed E-state index contributed by atoms with van der Waals surface area (Å²) in [6, 6.07) is 5.73. The average molecular weight is 332 g/mol. The maximum absolute atomic E-state index is 12.0. The minimum atomic E-state index is -0.499. The lowest BCUT2D eigenvalue weighted by atomic mass is 10.1. The van der Waals surface area contributed by atoms with E-state index in [1.54, 1.807) is 0 Å². The molecule has 1 aliphatic heterocycles. The van der Waals surface area contributed by atoms with Crippen LogP contribution in [0.5, 0.6) is 0 Å². The summed E-state index contributed by atoms with van der Waals surface area (Å²) in [4.78, 5) is 25.0. The van der Waals surface area contributed by atoms with Gasteiger partial charge in [-0.3, -0.25) is 4.79 Å². The molecule has 0 saturated carbocycles. The Kier molecular flexibility index (Phi) is 6.90. The van der Waals surface area contributed by atoms with E-state index in [1.165, 1.54) is 18.5 Å². The van der Waals surface area contributed by atoms with Gasteiger partial charge in [0.1, 0.15) is 0 Å². The third-order valence-corrected chi connectivity index (χ3v) is 4.34. The van der Waals surface area contributed by atoms with Crippen LogP contribution in [0, 0.1) is 6.92 Å². The van der Waals surface area contributed by atoms with E-state index < -0.39 is 6.03 Å². The predicted molar refractivity (Wildman–Crippen MR) is 97.3 cm³/mol. The van der Waals surface area contributed by atoms with Crippen LogP contribution in [-0.4, -0.2) is 31.6 Å². The van der Waals surface area contributed by atoms with Gasteiger partial charge in [-0.25, -0.2) is 4.79 Å². The van der Waals surface area contributed by atoms with Gasteiger partial charge in [0.2, 0.25) is 5.91 Å². The molecule has 0 radical (unpaired) electrons. The molecule has 4 N–H and O–H groups in total. The van der Waals surface area contributed by atoms with Crippen LogP contribution < -0.4 is 21.3 Å². The van der Waals surface area contributed by atoms with Gasteiger partial charge in [-0.1, -0.05) is 6.42 Å². The SMILES string of the molecule is Cc1cc(N2CCCC2)ccc1NC(=O)CCCCCNC(N)=O. The van der Waals surface area contributed by atoms with E-state index in [0.717, 1.165) is 43.6 Å². The van der Waals surface area contributed by atoms with E-state index in [9.17, 15) is 9.59 Å². The number of carbonyl (C=O) groups excluding carboxylic acids is 2.